The van der Waals surface area contributed by atoms with Crippen LogP contribution in [0, 0.1) is 0 Å². The number of carbonyl (C=O) groups is 2. The second-order valence-corrected chi connectivity index (χ2v) is 7.92. The lowest BCUT2D eigenvalue weighted by atomic mass is 9.95. The zero-order chi connectivity index (χ0) is 26.8. The Morgan fingerprint density at radius 1 is 1.11 bits per heavy atom. The molecule has 4 N–H and O–H groups in total. The highest BCUT2D eigenvalue weighted by Gasteiger charge is 2.32. The number of methoxy groups -OCH3 is 1. The minimum absolute atomic E-state index is 0.115. The molecule has 0 unspecified atom stereocenters. The lowest BCUT2D eigenvalue weighted by molar-refractivity contribution is -0.136. The fourth-order valence-corrected chi connectivity index (χ4v) is 3.64. The molecule has 1 aliphatic heterocycles. The van der Waals surface area contributed by atoms with Gasteiger partial charge in [0.05, 0.1) is 38.2 Å². The average molecular weight is 513 g/mol. The number of nitrogens with zero attached hydrogens (tertiary/aromatic N) is 1. The lowest BCUT2D eigenvalue weighted by Crippen LogP contribution is -2.45. The molecule has 1 heterocycles. The Kier molecular flexibility index (Phi) is 9.73. The number of aliphatic hydroxyl groups excluding tert-OH is 1. The summed E-state index contributed by atoms with van der Waals surface area (Å²) in [7, 11) is 1.28. The Labute approximate surface area is 215 Å². The number of amides is 2. The first-order chi connectivity index (χ1) is 17.9. The lowest BCUT2D eigenvalue weighted by Gasteiger charge is -2.28. The molecule has 1 aliphatic rings. The highest BCUT2D eigenvalue weighted by Crippen LogP contribution is 2.34. The maximum absolute atomic E-state index is 12.4. The van der Waals surface area contributed by atoms with Crippen molar-refractivity contribution in [1.82, 2.24) is 16.1 Å². The summed E-state index contributed by atoms with van der Waals surface area (Å²) in [6.45, 7) is 6.20. The zero-order valence-corrected chi connectivity index (χ0v) is 21.2. The summed E-state index contributed by atoms with van der Waals surface area (Å²) in [5.41, 5.74) is 4.72. The summed E-state index contributed by atoms with van der Waals surface area (Å²) in [5, 5.41) is 19.6. The molecular formula is C26H32N4O7. The Bertz CT molecular complexity index is 1150. The van der Waals surface area contributed by atoms with E-state index in [1.165, 1.54) is 7.11 Å². The summed E-state index contributed by atoms with van der Waals surface area (Å²) in [5.74, 6) is 0.975. The number of esters is 1. The van der Waals surface area contributed by atoms with Crippen LogP contribution in [0.15, 0.2) is 58.8 Å². The number of benzene rings is 2. The van der Waals surface area contributed by atoms with Crippen LogP contribution < -0.4 is 30.3 Å². The number of hydrogen-bond donors (Lipinski definition) is 4. The number of allylic oxidation sites excluding steroid dienone is 1. The van der Waals surface area contributed by atoms with Gasteiger partial charge in [-0.15, -0.1) is 0 Å². The Hall–Kier alpha value is -4.25. The van der Waals surface area contributed by atoms with E-state index in [2.05, 4.69) is 21.2 Å². The summed E-state index contributed by atoms with van der Waals surface area (Å²) in [6, 6.07) is 11.2. The van der Waals surface area contributed by atoms with E-state index in [0.29, 0.717) is 36.0 Å². The predicted octanol–water partition coefficient (Wildman–Crippen LogP) is 2.61. The normalized spacial score (nSPS) is 16.0. The van der Waals surface area contributed by atoms with Gasteiger partial charge in [-0.25, -0.2) is 9.59 Å². The van der Waals surface area contributed by atoms with Gasteiger partial charge in [0.1, 0.15) is 12.4 Å². The van der Waals surface area contributed by atoms with Crippen LogP contribution >= 0.6 is 0 Å². The molecule has 37 heavy (non-hydrogen) atoms. The average Bonchev–Trinajstić information content (AvgIpc) is 2.88. The molecule has 0 spiro atoms. The van der Waals surface area contributed by atoms with Gasteiger partial charge < -0.3 is 34.7 Å². The molecular weight excluding hydrogens is 480 g/mol. The van der Waals surface area contributed by atoms with Crippen molar-refractivity contribution in [2.24, 2.45) is 5.10 Å². The van der Waals surface area contributed by atoms with Crippen LogP contribution in [0.5, 0.6) is 17.2 Å². The molecule has 0 fully saturated rings. The van der Waals surface area contributed by atoms with Crippen molar-refractivity contribution in [2.45, 2.75) is 33.0 Å². The predicted molar refractivity (Wildman–Crippen MR) is 137 cm³/mol. The zero-order valence-electron chi connectivity index (χ0n) is 21.2. The van der Waals surface area contributed by atoms with E-state index in [0.717, 1.165) is 11.3 Å². The second kappa shape index (κ2) is 13.2. The van der Waals surface area contributed by atoms with Gasteiger partial charge in [-0.1, -0.05) is 6.07 Å². The molecule has 11 nitrogen and oxygen atoms in total. The molecule has 2 atom stereocenters. The van der Waals surface area contributed by atoms with Gasteiger partial charge >= 0.3 is 12.0 Å². The minimum Gasteiger partial charge on any atom is -0.494 e. The smallest absolute Gasteiger partial charge is 0.337 e. The van der Waals surface area contributed by atoms with Crippen LogP contribution in [0.3, 0.4) is 0 Å². The van der Waals surface area contributed by atoms with Crippen molar-refractivity contribution in [3.8, 4) is 17.2 Å². The second-order valence-electron chi connectivity index (χ2n) is 7.92. The van der Waals surface area contributed by atoms with Gasteiger partial charge in [0, 0.05) is 5.70 Å². The van der Waals surface area contributed by atoms with Gasteiger partial charge in [-0.05, 0) is 68.3 Å². The fraction of sp³-hybridized carbons (Fsp3) is 0.346. The molecule has 198 valence electrons. The Morgan fingerprint density at radius 2 is 1.84 bits per heavy atom. The maximum Gasteiger partial charge on any atom is 0.337 e. The van der Waals surface area contributed by atoms with Crippen molar-refractivity contribution < 1.29 is 33.6 Å². The quantitative estimate of drug-likeness (QED) is 0.147. The maximum atomic E-state index is 12.4. The number of aliphatic hydroxyl groups is 1. The molecule has 11 heteroatoms. The van der Waals surface area contributed by atoms with Crippen molar-refractivity contribution in [3.63, 3.8) is 0 Å². The van der Waals surface area contributed by atoms with Crippen molar-refractivity contribution in [1.29, 1.82) is 0 Å². The Morgan fingerprint density at radius 3 is 2.51 bits per heavy atom. The third-order valence-electron chi connectivity index (χ3n) is 5.30. The number of carbonyl (C=O) groups excluding carboxylic acids is 2. The molecule has 2 amide bonds. The van der Waals surface area contributed by atoms with Crippen molar-refractivity contribution in [3.05, 3.63) is 64.9 Å². The number of urea groups is 1. The third kappa shape index (κ3) is 7.37. The highest BCUT2D eigenvalue weighted by molar-refractivity contribution is 5.95. The van der Waals surface area contributed by atoms with Crippen LogP contribution in [0.2, 0.25) is 0 Å². The molecule has 0 aliphatic carbocycles. The van der Waals surface area contributed by atoms with Gasteiger partial charge in [0.2, 0.25) is 0 Å². The molecule has 0 bridgehead atoms. The summed E-state index contributed by atoms with van der Waals surface area (Å²) >= 11 is 0. The highest BCUT2D eigenvalue weighted by atomic mass is 16.5. The summed E-state index contributed by atoms with van der Waals surface area (Å²) in [6.07, 6.45) is 0.481. The molecule has 0 saturated carbocycles. The monoisotopic (exact) mass is 512 g/mol. The molecule has 3 rings (SSSR count). The minimum atomic E-state index is -1.09. The van der Waals surface area contributed by atoms with E-state index in [1.807, 2.05) is 38.1 Å². The van der Waals surface area contributed by atoms with Crippen LogP contribution in [0.4, 0.5) is 4.79 Å². The Balaban J connectivity index is 1.66. The topological polar surface area (TPSA) is 140 Å². The number of rotatable bonds is 12. The largest absolute Gasteiger partial charge is 0.494 e. The van der Waals surface area contributed by atoms with Gasteiger partial charge in [-0.3, -0.25) is 5.43 Å². The molecule has 0 aromatic heterocycles. The fourth-order valence-electron chi connectivity index (χ4n) is 3.64. The molecule has 2 aromatic rings. The summed E-state index contributed by atoms with van der Waals surface area (Å²) in [4.78, 5) is 24.4. The van der Waals surface area contributed by atoms with E-state index in [-0.39, 0.29) is 12.2 Å². The van der Waals surface area contributed by atoms with E-state index >= 15 is 0 Å². The molecule has 2 aromatic carbocycles. The number of nitrogens with one attached hydrogen (secondary N) is 3. The van der Waals surface area contributed by atoms with E-state index in [1.54, 1.807) is 31.3 Å². The molecule has 0 saturated heterocycles. The van der Waals surface area contributed by atoms with Crippen LogP contribution in [0.1, 0.15) is 37.9 Å². The van der Waals surface area contributed by atoms with Crippen LogP contribution in [-0.4, -0.2) is 56.5 Å². The number of hydrazone groups is 1. The third-order valence-corrected chi connectivity index (χ3v) is 5.30. The van der Waals surface area contributed by atoms with E-state index in [4.69, 9.17) is 18.9 Å². The first kappa shape index (κ1) is 27.3. The van der Waals surface area contributed by atoms with Gasteiger partial charge in [-0.2, -0.15) is 5.10 Å². The van der Waals surface area contributed by atoms with Crippen molar-refractivity contribution >= 4 is 18.2 Å². The first-order valence-corrected chi connectivity index (χ1v) is 11.8. The standard InChI is InChI=1S/C26H32N4O7/c1-5-35-19-10-7-17(8-11-19)14-27-30-22(31)15-37-20-12-9-18(13-21(20)36-6-2)24-23(25(32)34-4)16(3)28-26(33)29-24/h7-14,22,24,30-31H,5-6,15H2,1-4H3,(H2,28,29,33)/b27-14-/t22-,24-/m0/s1. The van der Waals surface area contributed by atoms with Crippen LogP contribution in [-0.2, 0) is 9.53 Å². The number of ether oxygens (including phenoxy) is 4. The SMILES string of the molecule is CCOc1ccc(/C=N\N[C@@H](O)COc2ccc([C@@H]3NC(=O)NC(C)=C3C(=O)OC)cc2OCC)cc1. The van der Waals surface area contributed by atoms with E-state index in [9.17, 15) is 14.7 Å². The molecule has 0 radical (unpaired) electrons. The summed E-state index contributed by atoms with van der Waals surface area (Å²) < 4.78 is 21.8. The number of hydrogen-bond acceptors (Lipinski definition) is 9. The van der Waals surface area contributed by atoms with E-state index < -0.39 is 24.3 Å². The van der Waals surface area contributed by atoms with Gasteiger partial charge in [0.15, 0.2) is 17.7 Å². The van der Waals surface area contributed by atoms with Crippen molar-refractivity contribution in [2.75, 3.05) is 26.9 Å². The van der Waals surface area contributed by atoms with Crippen LogP contribution in [0.25, 0.3) is 0 Å². The van der Waals surface area contributed by atoms with Gasteiger partial charge in [0.25, 0.3) is 0 Å². The first-order valence-electron chi connectivity index (χ1n) is 11.8.